The first-order valence-corrected chi connectivity index (χ1v) is 11.8. The van der Waals surface area contributed by atoms with Gasteiger partial charge in [0, 0.05) is 12.3 Å². The second-order valence-corrected chi connectivity index (χ2v) is 10.6. The lowest BCUT2D eigenvalue weighted by atomic mass is 9.53. The van der Waals surface area contributed by atoms with E-state index >= 15 is 0 Å². The van der Waals surface area contributed by atoms with Gasteiger partial charge in [0.1, 0.15) is 0 Å². The lowest BCUT2D eigenvalue weighted by molar-refractivity contribution is -0.114. The zero-order valence-corrected chi connectivity index (χ0v) is 17.5. The van der Waals surface area contributed by atoms with E-state index in [2.05, 4.69) is 31.2 Å². The first kappa shape index (κ1) is 18.1. The largest absolute Gasteiger partial charge is 0.393 e. The van der Waals surface area contributed by atoms with Gasteiger partial charge in [0.05, 0.1) is 6.10 Å². The number of hydrogen-bond donors (Lipinski definition) is 1. The predicted molar refractivity (Wildman–Crippen MR) is 115 cm³/mol. The fraction of sp³-hybridized carbons (Fsp3) is 0.593. The smallest absolute Gasteiger partial charge is 0.156 e. The van der Waals surface area contributed by atoms with E-state index in [0.29, 0.717) is 30.0 Å². The summed E-state index contributed by atoms with van der Waals surface area (Å²) in [5.74, 6) is 2.68. The quantitative estimate of drug-likeness (QED) is 0.693. The number of carbonyl (C=O) groups excluding carboxylic acids is 1. The lowest BCUT2D eigenvalue weighted by Gasteiger charge is -2.52. The number of ketones is 1. The van der Waals surface area contributed by atoms with Crippen LogP contribution in [0.3, 0.4) is 0 Å². The molecule has 1 N–H and O–H groups in total. The molecule has 152 valence electrons. The molecule has 5 aliphatic carbocycles. The van der Waals surface area contributed by atoms with Crippen LogP contribution in [0.5, 0.6) is 0 Å². The molecule has 3 saturated carbocycles. The number of allylic oxidation sites excluding steroid dienone is 4. The van der Waals surface area contributed by atoms with Crippen molar-refractivity contribution >= 4 is 5.78 Å². The Morgan fingerprint density at radius 3 is 2.45 bits per heavy atom. The van der Waals surface area contributed by atoms with Crippen molar-refractivity contribution in [3.8, 4) is 0 Å². The molecule has 0 aliphatic heterocycles. The predicted octanol–water partition coefficient (Wildman–Crippen LogP) is 5.82. The number of fused-ring (bicyclic) bond motifs is 4. The Morgan fingerprint density at radius 1 is 0.931 bits per heavy atom. The van der Waals surface area contributed by atoms with E-state index in [-0.39, 0.29) is 11.5 Å². The Hall–Kier alpha value is -1.67. The number of hydrogen-bond acceptors (Lipinski definition) is 2. The summed E-state index contributed by atoms with van der Waals surface area (Å²) in [4.78, 5) is 12.1. The molecule has 29 heavy (non-hydrogen) atoms. The number of aliphatic hydroxyl groups is 1. The maximum absolute atomic E-state index is 12.1. The van der Waals surface area contributed by atoms with Crippen LogP contribution in [0.4, 0.5) is 0 Å². The molecule has 5 atom stereocenters. The van der Waals surface area contributed by atoms with Crippen LogP contribution in [0.2, 0.25) is 0 Å². The molecule has 0 saturated heterocycles. The van der Waals surface area contributed by atoms with E-state index in [1.54, 1.807) is 5.57 Å². The normalized spacial score (nSPS) is 39.0. The minimum Gasteiger partial charge on any atom is -0.393 e. The van der Waals surface area contributed by atoms with Crippen molar-refractivity contribution in [3.05, 3.63) is 58.2 Å². The average molecular weight is 389 g/mol. The van der Waals surface area contributed by atoms with Crippen molar-refractivity contribution in [1.29, 1.82) is 0 Å². The molecule has 5 unspecified atom stereocenters. The topological polar surface area (TPSA) is 37.3 Å². The minimum absolute atomic E-state index is 0.0280. The maximum atomic E-state index is 12.1. The van der Waals surface area contributed by atoms with Gasteiger partial charge in [-0.25, -0.2) is 0 Å². The van der Waals surface area contributed by atoms with E-state index in [9.17, 15) is 9.90 Å². The van der Waals surface area contributed by atoms with Gasteiger partial charge in [0.2, 0.25) is 0 Å². The van der Waals surface area contributed by atoms with Gasteiger partial charge in [-0.15, -0.1) is 0 Å². The molecule has 2 heteroatoms. The Bertz CT molecular complexity index is 916. The van der Waals surface area contributed by atoms with Crippen LogP contribution in [0.1, 0.15) is 87.7 Å². The molecule has 3 fully saturated rings. The van der Waals surface area contributed by atoms with Crippen molar-refractivity contribution in [3.63, 3.8) is 0 Å². The highest BCUT2D eigenvalue weighted by atomic mass is 16.3. The van der Waals surface area contributed by atoms with Crippen LogP contribution >= 0.6 is 0 Å². The van der Waals surface area contributed by atoms with E-state index in [0.717, 1.165) is 44.4 Å². The molecular formula is C27H32O2. The Labute approximate surface area is 174 Å². The van der Waals surface area contributed by atoms with Crippen molar-refractivity contribution in [1.82, 2.24) is 0 Å². The van der Waals surface area contributed by atoms with Crippen molar-refractivity contribution in [2.75, 3.05) is 0 Å². The SMILES string of the molecule is CC12CC(c3ccc(C4CC4)cc3)C3=C4CCC(=O)C=C4CCC3C1CCC2O. The third kappa shape index (κ3) is 2.75. The van der Waals surface area contributed by atoms with Crippen LogP contribution in [-0.4, -0.2) is 17.0 Å². The number of benzene rings is 1. The van der Waals surface area contributed by atoms with Crippen LogP contribution in [0.15, 0.2) is 47.1 Å². The molecule has 0 heterocycles. The van der Waals surface area contributed by atoms with E-state index in [1.807, 2.05) is 6.08 Å². The van der Waals surface area contributed by atoms with Gasteiger partial charge < -0.3 is 5.11 Å². The Morgan fingerprint density at radius 2 is 1.69 bits per heavy atom. The van der Waals surface area contributed by atoms with Gasteiger partial charge in [-0.1, -0.05) is 36.8 Å². The first-order valence-electron chi connectivity index (χ1n) is 11.8. The zero-order valence-electron chi connectivity index (χ0n) is 17.5. The highest BCUT2D eigenvalue weighted by Gasteiger charge is 2.56. The summed E-state index contributed by atoms with van der Waals surface area (Å²) in [5, 5.41) is 11.0. The van der Waals surface area contributed by atoms with Gasteiger partial charge >= 0.3 is 0 Å². The van der Waals surface area contributed by atoms with Crippen molar-refractivity contribution < 1.29 is 9.90 Å². The van der Waals surface area contributed by atoms with Crippen LogP contribution in [-0.2, 0) is 4.79 Å². The van der Waals surface area contributed by atoms with Crippen LogP contribution < -0.4 is 0 Å². The minimum atomic E-state index is -0.169. The third-order valence-corrected chi connectivity index (χ3v) is 9.07. The summed E-state index contributed by atoms with van der Waals surface area (Å²) in [5.41, 5.74) is 7.44. The van der Waals surface area contributed by atoms with Crippen LogP contribution in [0.25, 0.3) is 0 Å². The molecule has 0 bridgehead atoms. The van der Waals surface area contributed by atoms with Gasteiger partial charge in [-0.05, 0) is 103 Å². The summed E-state index contributed by atoms with van der Waals surface area (Å²) in [6.45, 7) is 2.36. The summed E-state index contributed by atoms with van der Waals surface area (Å²) < 4.78 is 0. The number of carbonyl (C=O) groups is 1. The molecule has 6 rings (SSSR count). The molecule has 5 aliphatic rings. The second kappa shape index (κ2) is 6.41. The summed E-state index contributed by atoms with van der Waals surface area (Å²) in [6, 6.07) is 9.47. The van der Waals surface area contributed by atoms with Gasteiger partial charge in [-0.2, -0.15) is 0 Å². The van der Waals surface area contributed by atoms with E-state index in [4.69, 9.17) is 0 Å². The van der Waals surface area contributed by atoms with Crippen molar-refractivity contribution in [2.45, 2.75) is 82.7 Å². The highest BCUT2D eigenvalue weighted by molar-refractivity contribution is 5.93. The zero-order chi connectivity index (χ0) is 19.8. The Kier molecular flexibility index (Phi) is 4.01. The van der Waals surface area contributed by atoms with Gasteiger partial charge in [0.15, 0.2) is 5.78 Å². The number of aliphatic hydroxyl groups excluding tert-OH is 1. The molecular weight excluding hydrogens is 356 g/mol. The highest BCUT2D eigenvalue weighted by Crippen LogP contribution is 2.63. The molecule has 1 aromatic carbocycles. The molecule has 0 spiro atoms. The molecule has 0 amide bonds. The fourth-order valence-electron chi connectivity index (χ4n) is 7.35. The average Bonchev–Trinajstić information content (AvgIpc) is 3.53. The molecule has 0 radical (unpaired) electrons. The third-order valence-electron chi connectivity index (χ3n) is 9.07. The van der Waals surface area contributed by atoms with E-state index < -0.39 is 0 Å². The fourth-order valence-corrected chi connectivity index (χ4v) is 7.35. The van der Waals surface area contributed by atoms with Gasteiger partial charge in [-0.3, -0.25) is 4.79 Å². The summed E-state index contributed by atoms with van der Waals surface area (Å²) >= 11 is 0. The summed E-state index contributed by atoms with van der Waals surface area (Å²) in [7, 11) is 0. The van der Waals surface area contributed by atoms with Gasteiger partial charge in [0.25, 0.3) is 0 Å². The lowest BCUT2D eigenvalue weighted by Crippen LogP contribution is -2.45. The van der Waals surface area contributed by atoms with Crippen molar-refractivity contribution in [2.24, 2.45) is 17.3 Å². The Balaban J connectivity index is 1.48. The maximum Gasteiger partial charge on any atom is 0.156 e. The monoisotopic (exact) mass is 388 g/mol. The standard InChI is InChI=1S/C27H32O2/c1-27-15-23(18-6-4-17(5-7-18)16-2-3-16)26-21-11-9-20(28)14-19(21)8-10-22(26)24(27)12-13-25(27)29/h4-7,14,16,22-25,29H,2-3,8-13,15H2,1H3. The molecule has 1 aromatic rings. The number of rotatable bonds is 2. The van der Waals surface area contributed by atoms with Crippen LogP contribution in [0, 0.1) is 17.3 Å². The summed E-state index contributed by atoms with van der Waals surface area (Å²) in [6.07, 6.45) is 11.4. The molecule has 0 aromatic heterocycles. The molecule has 2 nitrogen and oxygen atoms in total. The first-order chi connectivity index (χ1) is 14.0. The van der Waals surface area contributed by atoms with E-state index in [1.165, 1.54) is 35.1 Å². The second-order valence-electron chi connectivity index (χ2n) is 10.6.